The molecule has 0 saturated heterocycles. The van der Waals surface area contributed by atoms with Crippen LogP contribution < -0.4 is 10.6 Å². The van der Waals surface area contributed by atoms with E-state index < -0.39 is 15.9 Å². The topological polar surface area (TPSA) is 84.5 Å². The molecule has 25 heavy (non-hydrogen) atoms. The Labute approximate surface area is 165 Å². The molecular weight excluding hydrogens is 411 g/mol. The summed E-state index contributed by atoms with van der Waals surface area (Å²) in [5.41, 5.74) is 0.658. The number of carbonyl (C=O) groups is 3. The number of hydrogen-bond acceptors (Lipinski definition) is 6. The maximum absolute atomic E-state index is 12.3. The van der Waals surface area contributed by atoms with Crippen LogP contribution in [0.15, 0.2) is 0 Å². The lowest BCUT2D eigenvalue weighted by Gasteiger charge is -2.27. The number of esters is 1. The van der Waals surface area contributed by atoms with Crippen LogP contribution in [0.2, 0.25) is 0 Å². The Bertz CT molecular complexity index is 670. The van der Waals surface area contributed by atoms with E-state index in [1.54, 1.807) is 20.8 Å². The number of alkyl halides is 3. The minimum absolute atomic E-state index is 0.170. The molecule has 0 bridgehead atoms. The van der Waals surface area contributed by atoms with Crippen LogP contribution in [0.25, 0.3) is 0 Å². The third-order valence-electron chi connectivity index (χ3n) is 3.18. The van der Waals surface area contributed by atoms with Gasteiger partial charge in [0.25, 0.3) is 0 Å². The number of carbonyl (C=O) groups excluding carboxylic acids is 3. The molecule has 6 nitrogen and oxygen atoms in total. The van der Waals surface area contributed by atoms with Crippen LogP contribution in [-0.4, -0.2) is 34.2 Å². The molecule has 1 heterocycles. The van der Waals surface area contributed by atoms with Crippen molar-refractivity contribution in [3.05, 3.63) is 16.0 Å². The van der Waals surface area contributed by atoms with Gasteiger partial charge in [0.1, 0.15) is 11.2 Å². The molecule has 1 atom stereocenters. The quantitative estimate of drug-likeness (QED) is 0.295. The first-order chi connectivity index (χ1) is 11.5. The number of rotatable bonds is 7. The maximum Gasteiger partial charge on any atom is 0.341 e. The molecule has 0 aliphatic heterocycles. The second-order valence-electron chi connectivity index (χ2n) is 5.08. The van der Waals surface area contributed by atoms with Crippen LogP contribution in [0.1, 0.15) is 52.8 Å². The maximum atomic E-state index is 12.3. The van der Waals surface area contributed by atoms with E-state index in [1.807, 2.05) is 0 Å². The molecule has 0 saturated carbocycles. The summed E-state index contributed by atoms with van der Waals surface area (Å²) in [4.78, 5) is 36.2. The van der Waals surface area contributed by atoms with Gasteiger partial charge in [0.15, 0.2) is 5.78 Å². The molecule has 1 amide bonds. The number of anilines is 1. The van der Waals surface area contributed by atoms with Crippen molar-refractivity contribution in [2.24, 2.45) is 0 Å². The van der Waals surface area contributed by atoms with Gasteiger partial charge >= 0.3 is 5.97 Å². The Balaban J connectivity index is 3.33. The van der Waals surface area contributed by atoms with Gasteiger partial charge in [-0.25, -0.2) is 4.79 Å². The van der Waals surface area contributed by atoms with Crippen molar-refractivity contribution in [1.82, 2.24) is 5.32 Å². The molecule has 10 heteroatoms. The molecule has 1 unspecified atom stereocenters. The Morgan fingerprint density at radius 3 is 2.28 bits per heavy atom. The van der Waals surface area contributed by atoms with E-state index in [2.05, 4.69) is 10.6 Å². The molecule has 2 N–H and O–H groups in total. The molecule has 0 fully saturated rings. The van der Waals surface area contributed by atoms with Gasteiger partial charge in [0.2, 0.25) is 9.70 Å². The Hall–Kier alpha value is -1.02. The molecule has 140 valence electrons. The highest BCUT2D eigenvalue weighted by atomic mass is 35.6. The monoisotopic (exact) mass is 428 g/mol. The standard InChI is InChI=1S/C15H19Cl3N2O4S/c1-5-9(22)19-14(15(16,17)18)20-12-10(13(23)24-6-2)7(3)11(25-12)8(4)21/h14,20H,5-6H2,1-4H3,(H,19,22). The molecule has 1 aromatic heterocycles. The predicted octanol–water partition coefficient (Wildman–Crippen LogP) is 4.07. The number of ketones is 1. The lowest BCUT2D eigenvalue weighted by Crippen LogP contribution is -2.49. The first-order valence-corrected chi connectivity index (χ1v) is 9.41. The first-order valence-electron chi connectivity index (χ1n) is 7.46. The number of ether oxygens (including phenoxy) is 1. The van der Waals surface area contributed by atoms with Gasteiger partial charge in [-0.2, -0.15) is 0 Å². The van der Waals surface area contributed by atoms with Gasteiger partial charge < -0.3 is 15.4 Å². The lowest BCUT2D eigenvalue weighted by molar-refractivity contribution is -0.121. The summed E-state index contributed by atoms with van der Waals surface area (Å²) < 4.78 is 3.16. The van der Waals surface area contributed by atoms with E-state index in [1.165, 1.54) is 6.92 Å². The van der Waals surface area contributed by atoms with Crippen LogP contribution >= 0.6 is 46.1 Å². The third-order valence-corrected chi connectivity index (χ3v) is 5.15. The summed E-state index contributed by atoms with van der Waals surface area (Å²) in [5.74, 6) is -1.15. The third kappa shape index (κ3) is 5.74. The summed E-state index contributed by atoms with van der Waals surface area (Å²) >= 11 is 18.8. The summed E-state index contributed by atoms with van der Waals surface area (Å²) in [6.45, 7) is 6.52. The molecule has 0 aromatic carbocycles. The number of amides is 1. The Kier molecular flexibility index (Phi) is 7.99. The average molecular weight is 430 g/mol. The fourth-order valence-corrected chi connectivity index (χ4v) is 3.44. The lowest BCUT2D eigenvalue weighted by atomic mass is 10.1. The largest absolute Gasteiger partial charge is 0.462 e. The number of nitrogens with one attached hydrogen (secondary N) is 2. The highest BCUT2D eigenvalue weighted by Crippen LogP contribution is 2.37. The fraction of sp³-hybridized carbons (Fsp3) is 0.533. The van der Waals surface area contributed by atoms with Gasteiger partial charge in [-0.1, -0.05) is 41.7 Å². The van der Waals surface area contributed by atoms with Crippen LogP contribution in [0.3, 0.4) is 0 Å². The van der Waals surface area contributed by atoms with Crippen LogP contribution in [0, 0.1) is 6.92 Å². The summed E-state index contributed by atoms with van der Waals surface area (Å²) in [7, 11) is 0. The number of Topliss-reactive ketones (excluding diaryl/α,β-unsaturated/α-hetero) is 1. The SMILES string of the molecule is CCOC(=O)c1c(NC(NC(=O)CC)C(Cl)(Cl)Cl)sc(C(C)=O)c1C. The van der Waals surface area contributed by atoms with E-state index in [9.17, 15) is 14.4 Å². The van der Waals surface area contributed by atoms with E-state index in [0.29, 0.717) is 10.4 Å². The van der Waals surface area contributed by atoms with E-state index in [4.69, 9.17) is 39.5 Å². The van der Waals surface area contributed by atoms with Crippen LogP contribution in [-0.2, 0) is 9.53 Å². The van der Waals surface area contributed by atoms with Crippen LogP contribution in [0.5, 0.6) is 0 Å². The first kappa shape index (κ1) is 22.0. The van der Waals surface area contributed by atoms with Crippen molar-refractivity contribution < 1.29 is 19.1 Å². The molecule has 0 radical (unpaired) electrons. The zero-order chi connectivity index (χ0) is 19.4. The van der Waals surface area contributed by atoms with Crippen molar-refractivity contribution in [3.63, 3.8) is 0 Å². The smallest absolute Gasteiger partial charge is 0.341 e. The minimum Gasteiger partial charge on any atom is -0.462 e. The summed E-state index contributed by atoms with van der Waals surface area (Å²) in [5, 5.41) is 5.67. The zero-order valence-corrected chi connectivity index (χ0v) is 17.3. The van der Waals surface area contributed by atoms with Gasteiger partial charge in [-0.15, -0.1) is 11.3 Å². The zero-order valence-electron chi connectivity index (χ0n) is 14.2. The minimum atomic E-state index is -1.88. The van der Waals surface area contributed by atoms with E-state index >= 15 is 0 Å². The van der Waals surface area contributed by atoms with Crippen molar-refractivity contribution in [2.45, 2.75) is 44.1 Å². The molecule has 0 aliphatic rings. The Morgan fingerprint density at radius 2 is 1.84 bits per heavy atom. The average Bonchev–Trinajstić information content (AvgIpc) is 2.82. The molecule has 0 aliphatic carbocycles. The molecule has 1 rings (SSSR count). The second-order valence-corrected chi connectivity index (χ2v) is 8.47. The molecule has 1 aromatic rings. The van der Waals surface area contributed by atoms with Gasteiger partial charge in [-0.05, 0) is 26.3 Å². The normalized spacial score (nSPS) is 12.4. The predicted molar refractivity (Wildman–Crippen MR) is 101 cm³/mol. The summed E-state index contributed by atoms with van der Waals surface area (Å²) in [6.07, 6.45) is -0.915. The summed E-state index contributed by atoms with van der Waals surface area (Å²) in [6, 6.07) is 0. The number of thiophene rings is 1. The van der Waals surface area contributed by atoms with Crippen LogP contribution in [0.4, 0.5) is 5.00 Å². The van der Waals surface area contributed by atoms with E-state index in [0.717, 1.165) is 11.3 Å². The second kappa shape index (κ2) is 9.07. The number of halogens is 3. The van der Waals surface area contributed by atoms with Gasteiger partial charge in [0.05, 0.1) is 17.0 Å². The van der Waals surface area contributed by atoms with Crippen molar-refractivity contribution in [2.75, 3.05) is 11.9 Å². The Morgan fingerprint density at radius 1 is 1.24 bits per heavy atom. The molecular formula is C15H19Cl3N2O4S. The van der Waals surface area contributed by atoms with Gasteiger partial charge in [0, 0.05) is 6.42 Å². The fourth-order valence-electron chi connectivity index (χ4n) is 1.99. The van der Waals surface area contributed by atoms with Crippen molar-refractivity contribution in [1.29, 1.82) is 0 Å². The van der Waals surface area contributed by atoms with E-state index in [-0.39, 0.29) is 35.3 Å². The van der Waals surface area contributed by atoms with Crippen molar-refractivity contribution >= 4 is 68.8 Å². The highest BCUT2D eigenvalue weighted by molar-refractivity contribution is 7.18. The molecule has 0 spiro atoms. The van der Waals surface area contributed by atoms with Crippen molar-refractivity contribution in [3.8, 4) is 0 Å². The number of hydrogen-bond donors (Lipinski definition) is 2. The highest BCUT2D eigenvalue weighted by Gasteiger charge is 2.36. The van der Waals surface area contributed by atoms with Gasteiger partial charge in [-0.3, -0.25) is 9.59 Å².